The number of nitrogens with zero attached hydrogens (tertiary/aromatic N) is 1. The van der Waals surface area contributed by atoms with Gasteiger partial charge in [-0.1, -0.05) is 6.92 Å². The molecule has 2 heterocycles. The van der Waals surface area contributed by atoms with Crippen LogP contribution in [0.4, 0.5) is 0 Å². The zero-order valence-corrected chi connectivity index (χ0v) is 9.62. The van der Waals surface area contributed by atoms with Crippen molar-refractivity contribution in [2.24, 2.45) is 0 Å². The first kappa shape index (κ1) is 10.8. The van der Waals surface area contributed by atoms with Gasteiger partial charge in [-0.3, -0.25) is 4.98 Å². The summed E-state index contributed by atoms with van der Waals surface area (Å²) < 4.78 is 0. The second kappa shape index (κ2) is 4.45. The van der Waals surface area contributed by atoms with Crippen molar-refractivity contribution in [2.75, 3.05) is 0 Å². The van der Waals surface area contributed by atoms with Crippen LogP contribution < -0.4 is 0 Å². The first-order valence-corrected chi connectivity index (χ1v) is 5.85. The van der Waals surface area contributed by atoms with E-state index in [1.807, 2.05) is 6.07 Å². The highest BCUT2D eigenvalue weighted by Gasteiger charge is 2.12. The first-order valence-electron chi connectivity index (χ1n) is 4.97. The minimum atomic E-state index is -0.936. The number of hydrogen-bond acceptors (Lipinski definition) is 3. The summed E-state index contributed by atoms with van der Waals surface area (Å²) in [6.07, 6.45) is 3.97. The fourth-order valence-corrected chi connectivity index (χ4v) is 2.52. The molecule has 0 aliphatic heterocycles. The Hall–Kier alpha value is -1.68. The van der Waals surface area contributed by atoms with Crippen molar-refractivity contribution in [2.45, 2.75) is 13.3 Å². The van der Waals surface area contributed by atoms with E-state index in [9.17, 15) is 4.79 Å². The van der Waals surface area contributed by atoms with E-state index in [-0.39, 0.29) is 5.56 Å². The van der Waals surface area contributed by atoms with Gasteiger partial charge in [0.1, 0.15) is 0 Å². The van der Waals surface area contributed by atoms with Gasteiger partial charge in [-0.05, 0) is 29.5 Å². The number of carboxylic acids is 1. The molecule has 82 valence electrons. The van der Waals surface area contributed by atoms with Gasteiger partial charge in [0, 0.05) is 22.8 Å². The monoisotopic (exact) mass is 233 g/mol. The highest BCUT2D eigenvalue weighted by Crippen LogP contribution is 2.29. The molecule has 0 atom stereocenters. The molecule has 3 nitrogen and oxygen atoms in total. The van der Waals surface area contributed by atoms with Crippen LogP contribution in [-0.2, 0) is 6.42 Å². The standard InChI is InChI=1S/C12H11NO2S/c1-2-8-5-11(16-7-8)9-3-4-13-6-10(9)12(14)15/h3-7H,2H2,1H3,(H,14,15). The summed E-state index contributed by atoms with van der Waals surface area (Å²) in [6, 6.07) is 3.78. The van der Waals surface area contributed by atoms with E-state index < -0.39 is 5.97 Å². The normalized spacial score (nSPS) is 10.3. The van der Waals surface area contributed by atoms with Crippen molar-refractivity contribution >= 4 is 17.3 Å². The molecule has 2 aromatic rings. The van der Waals surface area contributed by atoms with Gasteiger partial charge in [-0.15, -0.1) is 11.3 Å². The van der Waals surface area contributed by atoms with E-state index in [4.69, 9.17) is 5.11 Å². The smallest absolute Gasteiger partial charge is 0.337 e. The number of rotatable bonds is 3. The zero-order chi connectivity index (χ0) is 11.5. The Morgan fingerprint density at radius 3 is 3.00 bits per heavy atom. The predicted molar refractivity (Wildman–Crippen MR) is 63.9 cm³/mol. The molecule has 4 heteroatoms. The lowest BCUT2D eigenvalue weighted by atomic mass is 10.1. The van der Waals surface area contributed by atoms with Crippen molar-refractivity contribution in [3.63, 3.8) is 0 Å². The second-order valence-corrected chi connectivity index (χ2v) is 4.31. The molecule has 0 spiro atoms. The first-order chi connectivity index (χ1) is 7.72. The third-order valence-electron chi connectivity index (χ3n) is 2.38. The highest BCUT2D eigenvalue weighted by molar-refractivity contribution is 7.13. The van der Waals surface area contributed by atoms with Crippen LogP contribution in [0.2, 0.25) is 0 Å². The number of pyridine rings is 1. The minimum Gasteiger partial charge on any atom is -0.478 e. The van der Waals surface area contributed by atoms with Gasteiger partial charge < -0.3 is 5.11 Å². The van der Waals surface area contributed by atoms with Crippen LogP contribution in [0.15, 0.2) is 29.9 Å². The molecule has 0 saturated carbocycles. The Morgan fingerprint density at radius 2 is 2.38 bits per heavy atom. The van der Waals surface area contributed by atoms with E-state index in [1.165, 1.54) is 11.8 Å². The fraction of sp³-hybridized carbons (Fsp3) is 0.167. The SMILES string of the molecule is CCc1csc(-c2ccncc2C(=O)O)c1. The molecule has 0 aliphatic rings. The van der Waals surface area contributed by atoms with Crippen LogP contribution in [0.3, 0.4) is 0 Å². The van der Waals surface area contributed by atoms with Crippen LogP contribution >= 0.6 is 11.3 Å². The zero-order valence-electron chi connectivity index (χ0n) is 8.80. The van der Waals surface area contributed by atoms with Crippen LogP contribution in [0.25, 0.3) is 10.4 Å². The van der Waals surface area contributed by atoms with Crippen LogP contribution in [0.5, 0.6) is 0 Å². The Bertz CT molecular complexity index is 519. The lowest BCUT2D eigenvalue weighted by molar-refractivity contribution is 0.0697. The van der Waals surface area contributed by atoms with Crippen LogP contribution in [0, 0.1) is 0 Å². The number of carbonyl (C=O) groups is 1. The predicted octanol–water partition coefficient (Wildman–Crippen LogP) is 3.07. The van der Waals surface area contributed by atoms with Crippen LogP contribution in [0.1, 0.15) is 22.8 Å². The maximum Gasteiger partial charge on any atom is 0.337 e. The van der Waals surface area contributed by atoms with Gasteiger partial charge in [-0.2, -0.15) is 0 Å². The van der Waals surface area contributed by atoms with Gasteiger partial charge in [0.2, 0.25) is 0 Å². The largest absolute Gasteiger partial charge is 0.478 e. The van der Waals surface area contributed by atoms with Crippen molar-refractivity contribution in [3.8, 4) is 10.4 Å². The van der Waals surface area contributed by atoms with Gasteiger partial charge in [-0.25, -0.2) is 4.79 Å². The van der Waals surface area contributed by atoms with Gasteiger partial charge in [0.25, 0.3) is 0 Å². The van der Waals surface area contributed by atoms with Gasteiger partial charge in [0.15, 0.2) is 0 Å². The third-order valence-corrected chi connectivity index (χ3v) is 3.39. The number of aryl methyl sites for hydroxylation is 1. The van der Waals surface area contributed by atoms with Crippen molar-refractivity contribution < 1.29 is 9.90 Å². The van der Waals surface area contributed by atoms with E-state index in [2.05, 4.69) is 17.3 Å². The van der Waals surface area contributed by atoms with Crippen LogP contribution in [-0.4, -0.2) is 16.1 Å². The Kier molecular flexibility index (Phi) is 3.01. The quantitative estimate of drug-likeness (QED) is 0.886. The molecule has 0 bridgehead atoms. The van der Waals surface area contributed by atoms with Crippen molar-refractivity contribution in [1.29, 1.82) is 0 Å². The van der Waals surface area contributed by atoms with Gasteiger partial charge >= 0.3 is 5.97 Å². The summed E-state index contributed by atoms with van der Waals surface area (Å²) in [6.45, 7) is 2.08. The molecule has 2 aromatic heterocycles. The van der Waals surface area contributed by atoms with Crippen molar-refractivity contribution in [1.82, 2.24) is 4.98 Å². The average Bonchev–Trinajstić information content (AvgIpc) is 2.77. The molecule has 0 amide bonds. The molecule has 0 radical (unpaired) electrons. The molecule has 0 fully saturated rings. The number of thiophene rings is 1. The molecule has 0 aromatic carbocycles. The van der Waals surface area contributed by atoms with E-state index >= 15 is 0 Å². The third kappa shape index (κ3) is 1.97. The molecule has 1 N–H and O–H groups in total. The van der Waals surface area contributed by atoms with E-state index in [0.29, 0.717) is 0 Å². The maximum atomic E-state index is 11.0. The van der Waals surface area contributed by atoms with E-state index in [0.717, 1.165) is 16.9 Å². The van der Waals surface area contributed by atoms with Gasteiger partial charge in [0.05, 0.1) is 5.56 Å². The van der Waals surface area contributed by atoms with E-state index in [1.54, 1.807) is 23.6 Å². The lowest BCUT2D eigenvalue weighted by Crippen LogP contribution is -1.99. The Morgan fingerprint density at radius 1 is 1.56 bits per heavy atom. The minimum absolute atomic E-state index is 0.256. The molecular weight excluding hydrogens is 222 g/mol. The molecule has 16 heavy (non-hydrogen) atoms. The number of hydrogen-bond donors (Lipinski definition) is 1. The van der Waals surface area contributed by atoms with Crippen molar-refractivity contribution in [3.05, 3.63) is 41.0 Å². The number of carboxylic acid groups (broad SMARTS) is 1. The lowest BCUT2D eigenvalue weighted by Gasteiger charge is -2.01. The number of aromatic nitrogens is 1. The summed E-state index contributed by atoms with van der Waals surface area (Å²) in [7, 11) is 0. The summed E-state index contributed by atoms with van der Waals surface area (Å²) in [5.74, 6) is -0.936. The summed E-state index contributed by atoms with van der Waals surface area (Å²) in [5, 5.41) is 11.1. The average molecular weight is 233 g/mol. The second-order valence-electron chi connectivity index (χ2n) is 3.40. The summed E-state index contributed by atoms with van der Waals surface area (Å²) >= 11 is 1.57. The molecule has 0 aliphatic carbocycles. The topological polar surface area (TPSA) is 50.2 Å². The maximum absolute atomic E-state index is 11.0. The number of aromatic carboxylic acids is 1. The highest BCUT2D eigenvalue weighted by atomic mass is 32.1. The Labute approximate surface area is 97.4 Å². The summed E-state index contributed by atoms with van der Waals surface area (Å²) in [4.78, 5) is 15.9. The summed E-state index contributed by atoms with van der Waals surface area (Å²) in [5.41, 5.74) is 2.23. The molecule has 2 rings (SSSR count). The molecule has 0 unspecified atom stereocenters. The molecular formula is C12H11NO2S. The Balaban J connectivity index is 2.50. The fourth-order valence-electron chi connectivity index (χ4n) is 1.48. The molecule has 0 saturated heterocycles.